The Morgan fingerprint density at radius 3 is 1.22 bits per heavy atom. The lowest BCUT2D eigenvalue weighted by Crippen LogP contribution is -2.45. The fourth-order valence-electron chi connectivity index (χ4n) is 8.46. The Morgan fingerprint density at radius 1 is 0.508 bits per heavy atom. The molecule has 0 spiro atoms. The number of allylic oxidation sites excluding steroid dienone is 3. The maximum absolute atomic E-state index is 12.9. The molecule has 0 rings (SSSR count). The number of hydrogen-bond acceptors (Lipinski definition) is 5. The van der Waals surface area contributed by atoms with Crippen LogP contribution in [0.4, 0.5) is 0 Å². The standard InChI is InChI=1S/C56H111N2O6P/c1-6-8-10-12-14-16-17-18-19-20-21-22-23-24-25-26-27-28-29-30-31-32-33-34-35-36-37-38-39-40-41-42-44-46-48-50-56(60)57-54(53-64-65(61,62)63-52-51-58(3,4)5)55(59)49-47-45-43-15-13-11-9-7-2/h13,15,47,49,54-55,59H,6-12,14,16-46,48,50-53H2,1-5H3,(H-,57,60,61,62)/p+1/b15-13+,49-47+. The SMILES string of the molecule is CCCC/C=C/CC/C=C/C(O)C(COP(=O)(O)OCC[N+](C)(C)C)NC(=O)CCCCCCCCCCCCCCCCCCCCCCCCCCCCCCCCCCCCC. The zero-order valence-electron chi connectivity index (χ0n) is 44.0. The van der Waals surface area contributed by atoms with Gasteiger partial charge in [0.1, 0.15) is 13.2 Å². The Balaban J connectivity index is 3.80. The number of aliphatic hydroxyl groups excluding tert-OH is 1. The number of nitrogens with one attached hydrogen (secondary N) is 1. The molecule has 0 aromatic carbocycles. The number of carbonyl (C=O) groups is 1. The van der Waals surface area contributed by atoms with Gasteiger partial charge in [0.25, 0.3) is 0 Å². The smallest absolute Gasteiger partial charge is 0.387 e. The van der Waals surface area contributed by atoms with Gasteiger partial charge in [0.2, 0.25) is 5.91 Å². The van der Waals surface area contributed by atoms with Crippen LogP contribution in [0.5, 0.6) is 0 Å². The normalized spacial score (nSPS) is 14.1. The van der Waals surface area contributed by atoms with Crippen molar-refractivity contribution in [2.75, 3.05) is 40.9 Å². The van der Waals surface area contributed by atoms with Gasteiger partial charge in [-0.15, -0.1) is 0 Å². The first-order valence-electron chi connectivity index (χ1n) is 28.2. The summed E-state index contributed by atoms with van der Waals surface area (Å²) in [7, 11) is 1.56. The molecular weight excluding hydrogens is 828 g/mol. The van der Waals surface area contributed by atoms with Crippen LogP contribution in [0.1, 0.15) is 277 Å². The molecule has 0 bridgehead atoms. The lowest BCUT2D eigenvalue weighted by molar-refractivity contribution is -0.870. The Morgan fingerprint density at radius 2 is 0.846 bits per heavy atom. The Bertz CT molecular complexity index is 1110. The first-order chi connectivity index (χ1) is 31.5. The molecule has 0 heterocycles. The first kappa shape index (κ1) is 64.0. The summed E-state index contributed by atoms with van der Waals surface area (Å²) in [5.74, 6) is -0.185. The maximum atomic E-state index is 12.9. The fraction of sp³-hybridized carbons (Fsp3) is 0.911. The average molecular weight is 940 g/mol. The second-order valence-corrected chi connectivity index (χ2v) is 22.1. The maximum Gasteiger partial charge on any atom is 0.472 e. The molecule has 9 heteroatoms. The van der Waals surface area contributed by atoms with Gasteiger partial charge in [-0.1, -0.05) is 269 Å². The minimum Gasteiger partial charge on any atom is -0.387 e. The monoisotopic (exact) mass is 940 g/mol. The molecule has 0 saturated carbocycles. The minimum absolute atomic E-state index is 0.0578. The van der Waals surface area contributed by atoms with E-state index in [1.165, 1.54) is 218 Å². The van der Waals surface area contributed by atoms with E-state index in [4.69, 9.17) is 9.05 Å². The highest BCUT2D eigenvalue weighted by atomic mass is 31.2. The number of unbranched alkanes of at least 4 members (excludes halogenated alkanes) is 37. The zero-order chi connectivity index (χ0) is 47.8. The third-order valence-corrected chi connectivity index (χ3v) is 13.9. The zero-order valence-corrected chi connectivity index (χ0v) is 44.9. The van der Waals surface area contributed by atoms with Crippen molar-refractivity contribution in [3.05, 3.63) is 24.3 Å². The molecule has 3 unspecified atom stereocenters. The van der Waals surface area contributed by atoms with Crippen molar-refractivity contribution in [2.24, 2.45) is 0 Å². The average Bonchev–Trinajstić information content (AvgIpc) is 3.26. The topological polar surface area (TPSA) is 105 Å². The molecule has 3 atom stereocenters. The molecular formula is C56H112N2O6P+. The second-order valence-electron chi connectivity index (χ2n) is 20.7. The third kappa shape index (κ3) is 50.7. The second kappa shape index (κ2) is 48.0. The summed E-state index contributed by atoms with van der Waals surface area (Å²) < 4.78 is 23.5. The van der Waals surface area contributed by atoms with Crippen molar-refractivity contribution >= 4 is 13.7 Å². The molecule has 0 saturated heterocycles. The van der Waals surface area contributed by atoms with Gasteiger partial charge >= 0.3 is 7.82 Å². The van der Waals surface area contributed by atoms with Crippen molar-refractivity contribution in [1.29, 1.82) is 0 Å². The fourth-order valence-corrected chi connectivity index (χ4v) is 9.19. The highest BCUT2D eigenvalue weighted by Gasteiger charge is 2.27. The molecule has 0 aliphatic carbocycles. The van der Waals surface area contributed by atoms with Gasteiger partial charge < -0.3 is 19.8 Å². The number of rotatable bonds is 52. The lowest BCUT2D eigenvalue weighted by Gasteiger charge is -2.25. The van der Waals surface area contributed by atoms with Gasteiger partial charge in [0.15, 0.2) is 0 Å². The molecule has 3 N–H and O–H groups in total. The van der Waals surface area contributed by atoms with Crippen LogP contribution in [0.15, 0.2) is 24.3 Å². The van der Waals surface area contributed by atoms with Crippen LogP contribution >= 0.6 is 7.82 Å². The minimum atomic E-state index is -4.34. The van der Waals surface area contributed by atoms with Crippen LogP contribution in [0.3, 0.4) is 0 Å². The summed E-state index contributed by atoms with van der Waals surface area (Å²) in [6, 6.07) is -0.857. The molecule has 1 amide bonds. The first-order valence-corrected chi connectivity index (χ1v) is 29.7. The summed E-state index contributed by atoms with van der Waals surface area (Å²) in [5.41, 5.74) is 0. The van der Waals surface area contributed by atoms with E-state index >= 15 is 0 Å². The molecule has 0 aliphatic heterocycles. The number of aliphatic hydroxyl groups is 1. The van der Waals surface area contributed by atoms with E-state index in [-0.39, 0.29) is 19.1 Å². The van der Waals surface area contributed by atoms with E-state index in [1.807, 2.05) is 27.2 Å². The van der Waals surface area contributed by atoms with Gasteiger partial charge in [-0.2, -0.15) is 0 Å². The molecule has 0 radical (unpaired) electrons. The van der Waals surface area contributed by atoms with E-state index in [0.717, 1.165) is 38.5 Å². The predicted octanol–water partition coefficient (Wildman–Crippen LogP) is 16.8. The number of quaternary nitrogens is 1. The Hall–Kier alpha value is -1.02. The van der Waals surface area contributed by atoms with E-state index < -0.39 is 20.0 Å². The summed E-state index contributed by atoms with van der Waals surface area (Å²) in [5, 5.41) is 13.7. The van der Waals surface area contributed by atoms with Gasteiger partial charge in [0, 0.05) is 6.42 Å². The van der Waals surface area contributed by atoms with Crippen molar-refractivity contribution < 1.29 is 32.9 Å². The van der Waals surface area contributed by atoms with Gasteiger partial charge in [-0.25, -0.2) is 4.57 Å². The highest BCUT2D eigenvalue weighted by Crippen LogP contribution is 2.43. The molecule has 386 valence electrons. The van der Waals surface area contributed by atoms with Gasteiger partial charge in [0.05, 0.1) is 39.9 Å². The third-order valence-electron chi connectivity index (χ3n) is 12.9. The number of phosphoric acid groups is 1. The molecule has 0 aliphatic rings. The molecule has 65 heavy (non-hydrogen) atoms. The number of carbonyl (C=O) groups excluding carboxylic acids is 1. The number of phosphoric ester groups is 1. The van der Waals surface area contributed by atoms with Crippen molar-refractivity contribution in [2.45, 2.75) is 289 Å². The van der Waals surface area contributed by atoms with Crippen molar-refractivity contribution in [1.82, 2.24) is 5.32 Å². The van der Waals surface area contributed by atoms with Crippen LogP contribution in [0, 0.1) is 0 Å². The quantitative estimate of drug-likeness (QED) is 0.0243. The van der Waals surface area contributed by atoms with Crippen LogP contribution in [0.25, 0.3) is 0 Å². The molecule has 0 aromatic heterocycles. The van der Waals surface area contributed by atoms with E-state index in [9.17, 15) is 19.4 Å². The predicted molar refractivity (Wildman–Crippen MR) is 281 cm³/mol. The molecule has 0 fully saturated rings. The Kier molecular flexibility index (Phi) is 47.3. The molecule has 8 nitrogen and oxygen atoms in total. The number of amides is 1. The Labute approximate surface area is 404 Å². The number of likely N-dealkylation sites (N-methyl/N-ethyl adjacent to an activating group) is 1. The van der Waals surface area contributed by atoms with Crippen molar-refractivity contribution in [3.63, 3.8) is 0 Å². The van der Waals surface area contributed by atoms with Crippen LogP contribution in [-0.4, -0.2) is 73.4 Å². The van der Waals surface area contributed by atoms with Crippen molar-refractivity contribution in [3.8, 4) is 0 Å². The largest absolute Gasteiger partial charge is 0.472 e. The van der Waals surface area contributed by atoms with Gasteiger partial charge in [-0.05, 0) is 25.7 Å². The highest BCUT2D eigenvalue weighted by molar-refractivity contribution is 7.47. The van der Waals surface area contributed by atoms with Crippen LogP contribution in [0.2, 0.25) is 0 Å². The number of hydrogen-bond donors (Lipinski definition) is 3. The van der Waals surface area contributed by atoms with Crippen LogP contribution in [-0.2, 0) is 18.4 Å². The van der Waals surface area contributed by atoms with Crippen LogP contribution < -0.4 is 5.32 Å². The summed E-state index contributed by atoms with van der Waals surface area (Å²) >= 11 is 0. The van der Waals surface area contributed by atoms with Gasteiger partial charge in [-0.3, -0.25) is 13.8 Å². The van der Waals surface area contributed by atoms with E-state index in [2.05, 4.69) is 31.3 Å². The summed E-state index contributed by atoms with van der Waals surface area (Å²) in [6.45, 7) is 4.74. The summed E-state index contributed by atoms with van der Waals surface area (Å²) in [4.78, 5) is 23.1. The summed E-state index contributed by atoms with van der Waals surface area (Å²) in [6.07, 6.45) is 60.5. The lowest BCUT2D eigenvalue weighted by atomic mass is 10.0. The van der Waals surface area contributed by atoms with E-state index in [1.54, 1.807) is 6.08 Å². The molecule has 0 aromatic rings. The number of nitrogens with zero attached hydrogens (tertiary/aromatic N) is 1. The van der Waals surface area contributed by atoms with E-state index in [0.29, 0.717) is 17.4 Å².